The zero-order valence-electron chi connectivity index (χ0n) is 28.5. The van der Waals surface area contributed by atoms with Gasteiger partial charge in [-0.15, -0.1) is 0 Å². The van der Waals surface area contributed by atoms with Gasteiger partial charge in [0, 0.05) is 5.57 Å². The van der Waals surface area contributed by atoms with Crippen LogP contribution in [0.2, 0.25) is 0 Å². The van der Waals surface area contributed by atoms with Crippen molar-refractivity contribution < 1.29 is 39.4 Å². The maximum absolute atomic E-state index is 11.7. The first-order valence-electron chi connectivity index (χ1n) is 18.7. The first-order chi connectivity index (χ1) is 21.8. The van der Waals surface area contributed by atoms with E-state index in [-0.39, 0.29) is 42.6 Å². The quantitative estimate of drug-likeness (QED) is 0.0634. The molecule has 2 fully saturated rings. The summed E-state index contributed by atoms with van der Waals surface area (Å²) in [4.78, 5) is 11.7. The number of esters is 1. The molecule has 8 heteroatoms. The minimum Gasteiger partial charge on any atom is -0.455 e. The van der Waals surface area contributed by atoms with Crippen molar-refractivity contribution in [2.24, 2.45) is 0 Å². The van der Waals surface area contributed by atoms with Gasteiger partial charge in [-0.2, -0.15) is 0 Å². The van der Waals surface area contributed by atoms with E-state index in [2.05, 4.69) is 6.92 Å². The molecule has 2 saturated heterocycles. The topological polar surface area (TPSA) is 126 Å². The number of hydrogen-bond acceptors (Lipinski definition) is 8. The summed E-state index contributed by atoms with van der Waals surface area (Å²) >= 11 is 0. The third-order valence-corrected chi connectivity index (χ3v) is 10.2. The minimum atomic E-state index is -0.654. The smallest absolute Gasteiger partial charge is 0.334 e. The number of cyclic esters (lactones) is 1. The van der Waals surface area contributed by atoms with E-state index in [1.54, 1.807) is 0 Å². The predicted molar refractivity (Wildman–Crippen MR) is 177 cm³/mol. The summed E-state index contributed by atoms with van der Waals surface area (Å²) in [7, 11) is 0. The number of unbranched alkanes of at least 4 members (excludes halogenated alkanes) is 9. The molecule has 4 N–H and O–H groups in total. The number of carbonyl (C=O) groups excluding carboxylic acids is 1. The lowest BCUT2D eigenvalue weighted by molar-refractivity contribution is -0.139. The van der Waals surface area contributed by atoms with Gasteiger partial charge in [0.15, 0.2) is 0 Å². The molecule has 4 unspecified atom stereocenters. The maximum atomic E-state index is 11.7. The van der Waals surface area contributed by atoms with Gasteiger partial charge >= 0.3 is 5.97 Å². The molecule has 0 bridgehead atoms. The van der Waals surface area contributed by atoms with Crippen LogP contribution >= 0.6 is 0 Å². The number of hydrogen-bond donors (Lipinski definition) is 4. The van der Waals surface area contributed by atoms with Crippen molar-refractivity contribution in [2.75, 3.05) is 0 Å². The molecule has 0 aromatic rings. The van der Waals surface area contributed by atoms with Gasteiger partial charge in [-0.1, -0.05) is 71.1 Å². The summed E-state index contributed by atoms with van der Waals surface area (Å²) in [6.07, 6.45) is 21.2. The number of aliphatic hydroxyl groups is 4. The highest BCUT2D eigenvalue weighted by Gasteiger charge is 2.36. The molecule has 0 radical (unpaired) electrons. The average Bonchev–Trinajstić information content (AvgIpc) is 3.77. The summed E-state index contributed by atoms with van der Waals surface area (Å²) < 4.78 is 17.4. The zero-order chi connectivity index (χ0) is 32.4. The van der Waals surface area contributed by atoms with Gasteiger partial charge in [-0.25, -0.2) is 4.79 Å². The molecule has 3 aliphatic rings. The maximum Gasteiger partial charge on any atom is 0.334 e. The average molecular weight is 639 g/mol. The van der Waals surface area contributed by atoms with Gasteiger partial charge in [0.05, 0.1) is 48.8 Å². The molecular weight excluding hydrogens is 572 g/mol. The number of aliphatic hydroxyl groups excluding tert-OH is 4. The minimum absolute atomic E-state index is 0.0675. The van der Waals surface area contributed by atoms with E-state index in [4.69, 9.17) is 14.2 Å². The first kappa shape index (κ1) is 38.4. The van der Waals surface area contributed by atoms with E-state index in [0.717, 1.165) is 82.6 Å². The predicted octanol–water partition coefficient (Wildman–Crippen LogP) is 6.83. The molecule has 0 saturated carbocycles. The third-order valence-electron chi connectivity index (χ3n) is 10.2. The normalized spacial score (nSPS) is 27.8. The molecule has 8 nitrogen and oxygen atoms in total. The molecule has 0 amide bonds. The Morgan fingerprint density at radius 2 is 1.22 bits per heavy atom. The van der Waals surface area contributed by atoms with Crippen molar-refractivity contribution in [3.05, 3.63) is 11.6 Å². The van der Waals surface area contributed by atoms with E-state index in [9.17, 15) is 25.2 Å². The number of carbonyl (C=O) groups is 1. The van der Waals surface area contributed by atoms with Crippen LogP contribution < -0.4 is 0 Å². The summed E-state index contributed by atoms with van der Waals surface area (Å²) in [5, 5.41) is 42.3. The summed E-state index contributed by atoms with van der Waals surface area (Å²) in [5.74, 6) is -0.138. The summed E-state index contributed by atoms with van der Waals surface area (Å²) in [5.41, 5.74) is 0.846. The summed E-state index contributed by atoms with van der Waals surface area (Å²) in [6.45, 7) is 4.09. The Hall–Kier alpha value is -1.03. The van der Waals surface area contributed by atoms with Gasteiger partial charge in [-0.3, -0.25) is 0 Å². The van der Waals surface area contributed by atoms with Gasteiger partial charge in [-0.05, 0) is 96.5 Å². The second-order valence-corrected chi connectivity index (χ2v) is 14.2. The highest BCUT2D eigenvalue weighted by molar-refractivity contribution is 5.90. The fraction of sp³-hybridized carbons (Fsp3) is 0.919. The van der Waals surface area contributed by atoms with Crippen LogP contribution in [-0.2, 0) is 19.0 Å². The van der Waals surface area contributed by atoms with Crippen LogP contribution in [0.3, 0.4) is 0 Å². The number of rotatable bonds is 25. The van der Waals surface area contributed by atoms with Crippen LogP contribution in [0, 0.1) is 0 Å². The summed E-state index contributed by atoms with van der Waals surface area (Å²) in [6, 6.07) is 0. The Kier molecular flexibility index (Phi) is 18.6. The van der Waals surface area contributed by atoms with Crippen molar-refractivity contribution in [2.45, 2.75) is 216 Å². The lowest BCUT2D eigenvalue weighted by Crippen LogP contribution is -2.33. The van der Waals surface area contributed by atoms with Crippen molar-refractivity contribution >= 4 is 5.97 Å². The second kappa shape index (κ2) is 21.8. The standard InChI is InChI=1S/C37H66O8/c1-3-4-5-12-16-29(38)17-14-19-31(39)35-24-25-36(45-35)33(41)22-21-32(40)34-23-20-30(44-34)18-13-10-8-6-7-9-11-15-28-26-27(2)43-37(28)42/h26-27,29-36,38-41H,3-25H2,1-2H3/t27?,29?,30?,31-,32+,33+,34?,35+,36+/m0/s1. The van der Waals surface area contributed by atoms with E-state index in [0.29, 0.717) is 25.7 Å². The molecule has 9 atom stereocenters. The Morgan fingerprint density at radius 3 is 1.87 bits per heavy atom. The van der Waals surface area contributed by atoms with Crippen LogP contribution in [0.25, 0.3) is 0 Å². The molecule has 262 valence electrons. The Labute approximate surface area is 273 Å². The number of ether oxygens (including phenoxy) is 3. The van der Waals surface area contributed by atoms with Crippen LogP contribution in [0.1, 0.15) is 162 Å². The van der Waals surface area contributed by atoms with Crippen molar-refractivity contribution in [1.82, 2.24) is 0 Å². The fourth-order valence-electron chi connectivity index (χ4n) is 7.28. The highest BCUT2D eigenvalue weighted by Crippen LogP contribution is 2.31. The van der Waals surface area contributed by atoms with Crippen LogP contribution in [0.4, 0.5) is 0 Å². The van der Waals surface area contributed by atoms with Crippen molar-refractivity contribution in [1.29, 1.82) is 0 Å². The van der Waals surface area contributed by atoms with Crippen LogP contribution in [-0.4, -0.2) is 81.3 Å². The molecule has 3 heterocycles. The van der Waals surface area contributed by atoms with Gasteiger partial charge < -0.3 is 34.6 Å². The van der Waals surface area contributed by atoms with Crippen LogP contribution in [0.5, 0.6) is 0 Å². The fourth-order valence-corrected chi connectivity index (χ4v) is 7.28. The van der Waals surface area contributed by atoms with E-state index < -0.39 is 18.3 Å². The highest BCUT2D eigenvalue weighted by atomic mass is 16.5. The molecule has 0 aromatic carbocycles. The van der Waals surface area contributed by atoms with Crippen LogP contribution in [0.15, 0.2) is 11.6 Å². The van der Waals surface area contributed by atoms with E-state index in [1.165, 1.54) is 44.9 Å². The van der Waals surface area contributed by atoms with Gasteiger partial charge in [0.2, 0.25) is 0 Å². The lowest BCUT2D eigenvalue weighted by atomic mass is 9.98. The van der Waals surface area contributed by atoms with Gasteiger partial charge in [0.25, 0.3) is 0 Å². The van der Waals surface area contributed by atoms with Crippen molar-refractivity contribution in [3.63, 3.8) is 0 Å². The zero-order valence-corrected chi connectivity index (χ0v) is 28.5. The second-order valence-electron chi connectivity index (χ2n) is 14.2. The Bertz CT molecular complexity index is 833. The molecule has 3 aliphatic heterocycles. The third kappa shape index (κ3) is 14.7. The largest absolute Gasteiger partial charge is 0.455 e. The first-order valence-corrected chi connectivity index (χ1v) is 18.7. The van der Waals surface area contributed by atoms with E-state index >= 15 is 0 Å². The monoisotopic (exact) mass is 638 g/mol. The van der Waals surface area contributed by atoms with Crippen molar-refractivity contribution in [3.8, 4) is 0 Å². The SMILES string of the molecule is CCCCCCC(O)CCC[C@H](O)[C@H]1CC[C@H]([C@H](O)CC[C@@H](O)C2CCC(CCCCCCCCCC3=CC(C)OC3=O)O2)O1. The Balaban J connectivity index is 1.16. The molecule has 0 spiro atoms. The Morgan fingerprint density at radius 1 is 0.667 bits per heavy atom. The van der Waals surface area contributed by atoms with Gasteiger partial charge in [0.1, 0.15) is 6.10 Å². The molecule has 0 aliphatic carbocycles. The molecule has 0 aromatic heterocycles. The van der Waals surface area contributed by atoms with E-state index in [1.807, 2.05) is 13.0 Å². The molecular formula is C37H66O8. The molecule has 3 rings (SSSR count). The molecule has 45 heavy (non-hydrogen) atoms. The lowest BCUT2D eigenvalue weighted by Gasteiger charge is -2.24.